The maximum atomic E-state index is 13.0. The number of aromatic nitrogens is 1. The Hall–Kier alpha value is -2.85. The molecule has 0 fully saturated rings. The lowest BCUT2D eigenvalue weighted by molar-refractivity contribution is -0.204. The van der Waals surface area contributed by atoms with Gasteiger partial charge in [0.25, 0.3) is 5.91 Å². The number of aryl methyl sites for hydroxylation is 1. The third kappa shape index (κ3) is 4.18. The summed E-state index contributed by atoms with van der Waals surface area (Å²) in [5.74, 6) is -0.181. The molecule has 0 aliphatic rings. The summed E-state index contributed by atoms with van der Waals surface area (Å²) in [7, 11) is 0. The van der Waals surface area contributed by atoms with Gasteiger partial charge in [0.15, 0.2) is 0 Å². The molecule has 1 aromatic heterocycles. The lowest BCUT2D eigenvalue weighted by atomic mass is 9.98. The molecule has 1 amide bonds. The largest absolute Gasteiger partial charge is 0.358 e. The van der Waals surface area contributed by atoms with E-state index in [0.29, 0.717) is 12.2 Å². The van der Waals surface area contributed by atoms with Crippen LogP contribution in [-0.4, -0.2) is 16.0 Å². The van der Waals surface area contributed by atoms with Crippen molar-refractivity contribution in [3.63, 3.8) is 0 Å². The van der Waals surface area contributed by atoms with E-state index in [0.717, 1.165) is 40.6 Å². The van der Waals surface area contributed by atoms with Crippen LogP contribution < -0.4 is 0 Å². The van der Waals surface area contributed by atoms with E-state index in [-0.39, 0.29) is 11.9 Å². The van der Waals surface area contributed by atoms with E-state index < -0.39 is 0 Å². The Bertz CT molecular complexity index is 959. The van der Waals surface area contributed by atoms with Crippen LogP contribution in [0.4, 0.5) is 0 Å². The van der Waals surface area contributed by atoms with Gasteiger partial charge < -0.3 is 4.98 Å². The number of H-pyrrole nitrogens is 1. The molecule has 1 atom stereocenters. The number of aromatic amines is 1. The molecule has 1 heterocycles. The molecule has 1 unspecified atom stereocenters. The maximum Gasteiger partial charge on any atom is 0.273 e. The summed E-state index contributed by atoms with van der Waals surface area (Å²) in [6.07, 6.45) is 1.73. The molecule has 0 bridgehead atoms. The minimum absolute atomic E-state index is 0.181. The van der Waals surface area contributed by atoms with Gasteiger partial charge in [0.1, 0.15) is 6.61 Å². The zero-order valence-corrected chi connectivity index (χ0v) is 16.9. The molecule has 0 aliphatic heterocycles. The number of rotatable bonds is 8. The van der Waals surface area contributed by atoms with Crippen molar-refractivity contribution in [2.24, 2.45) is 0 Å². The second-order valence-electron chi connectivity index (χ2n) is 7.18. The first kappa shape index (κ1) is 19.9. The number of amides is 1. The first-order chi connectivity index (χ1) is 13.5. The monoisotopic (exact) mass is 376 g/mol. The lowest BCUT2D eigenvalue weighted by Crippen LogP contribution is -2.35. The number of carbonyl (C=O) groups is 1. The summed E-state index contributed by atoms with van der Waals surface area (Å²) in [6.45, 7) is 10.1. The van der Waals surface area contributed by atoms with Crippen molar-refractivity contribution >= 4 is 16.8 Å². The molecule has 0 saturated carbocycles. The predicted octanol–water partition coefficient (Wildman–Crippen LogP) is 5.85. The van der Waals surface area contributed by atoms with Crippen LogP contribution in [0.1, 0.15) is 49.6 Å². The van der Waals surface area contributed by atoms with Crippen LogP contribution in [0, 0.1) is 6.92 Å². The number of nitrogens with zero attached hydrogens (tertiary/aromatic N) is 1. The normalized spacial score (nSPS) is 12.1. The number of benzene rings is 2. The number of hydroxylamine groups is 2. The molecule has 4 nitrogen and oxygen atoms in total. The number of fused-ring (bicyclic) bond motifs is 1. The van der Waals surface area contributed by atoms with E-state index in [4.69, 9.17) is 4.84 Å². The molecular formula is C24H28N2O2. The Morgan fingerprint density at radius 2 is 1.82 bits per heavy atom. The van der Waals surface area contributed by atoms with Gasteiger partial charge in [-0.3, -0.25) is 9.63 Å². The number of hydrogen-bond acceptors (Lipinski definition) is 2. The van der Waals surface area contributed by atoms with Crippen LogP contribution in [0.3, 0.4) is 0 Å². The van der Waals surface area contributed by atoms with Gasteiger partial charge in [-0.1, -0.05) is 68.5 Å². The topological polar surface area (TPSA) is 45.3 Å². The van der Waals surface area contributed by atoms with Crippen LogP contribution in [0.5, 0.6) is 0 Å². The average Bonchev–Trinajstić information content (AvgIpc) is 3.03. The highest BCUT2D eigenvalue weighted by molar-refractivity contribution is 5.92. The summed E-state index contributed by atoms with van der Waals surface area (Å²) in [6, 6.07) is 17.9. The van der Waals surface area contributed by atoms with Crippen molar-refractivity contribution in [1.82, 2.24) is 10.0 Å². The standard InChI is InChI=1S/C24H28N2O2/c1-5-11-22(23-18(4)25-21-15-10-9-14-20(21)23)26(24(27)17(2)3)28-16-19-12-7-6-8-13-19/h6-10,12-15,22,25H,2,5,11,16H2,1,3-4H3. The minimum atomic E-state index is -0.186. The number of para-hydroxylation sites is 1. The van der Waals surface area contributed by atoms with Crippen LogP contribution >= 0.6 is 0 Å². The molecular weight excluding hydrogens is 348 g/mol. The fraction of sp³-hybridized carbons (Fsp3) is 0.292. The van der Waals surface area contributed by atoms with E-state index in [1.807, 2.05) is 42.5 Å². The molecule has 3 aromatic rings. The van der Waals surface area contributed by atoms with Gasteiger partial charge in [-0.05, 0) is 31.9 Å². The van der Waals surface area contributed by atoms with Crippen molar-refractivity contribution in [2.45, 2.75) is 46.3 Å². The summed E-state index contributed by atoms with van der Waals surface area (Å²) >= 11 is 0. The van der Waals surface area contributed by atoms with Crippen LogP contribution in [-0.2, 0) is 16.2 Å². The number of nitrogens with one attached hydrogen (secondary N) is 1. The first-order valence-electron chi connectivity index (χ1n) is 9.76. The van der Waals surface area contributed by atoms with Crippen molar-refractivity contribution in [1.29, 1.82) is 0 Å². The lowest BCUT2D eigenvalue weighted by Gasteiger charge is -2.31. The van der Waals surface area contributed by atoms with Crippen LogP contribution in [0.25, 0.3) is 10.9 Å². The number of carbonyl (C=O) groups excluding carboxylic acids is 1. The molecule has 0 aliphatic carbocycles. The van der Waals surface area contributed by atoms with Crippen LogP contribution in [0.15, 0.2) is 66.7 Å². The molecule has 146 valence electrons. The average molecular weight is 377 g/mol. The van der Waals surface area contributed by atoms with E-state index >= 15 is 0 Å². The Morgan fingerprint density at radius 1 is 1.14 bits per heavy atom. The molecule has 0 radical (unpaired) electrons. The third-order valence-electron chi connectivity index (χ3n) is 4.90. The Kier molecular flexibility index (Phi) is 6.32. The minimum Gasteiger partial charge on any atom is -0.358 e. The number of hydrogen-bond donors (Lipinski definition) is 1. The SMILES string of the molecule is C=C(C)C(=O)N(OCc1ccccc1)C(CCC)c1c(C)[nH]c2ccccc12. The molecule has 2 aromatic carbocycles. The Labute approximate surface area is 166 Å². The fourth-order valence-corrected chi connectivity index (χ4v) is 3.58. The second kappa shape index (κ2) is 8.89. The highest BCUT2D eigenvalue weighted by Crippen LogP contribution is 2.35. The van der Waals surface area contributed by atoms with Crippen molar-refractivity contribution < 1.29 is 9.63 Å². The van der Waals surface area contributed by atoms with Gasteiger partial charge in [-0.15, -0.1) is 0 Å². The molecule has 28 heavy (non-hydrogen) atoms. The van der Waals surface area contributed by atoms with Gasteiger partial charge in [0.05, 0.1) is 6.04 Å². The van der Waals surface area contributed by atoms with Crippen LogP contribution in [0.2, 0.25) is 0 Å². The zero-order chi connectivity index (χ0) is 20.1. The predicted molar refractivity (Wildman–Crippen MR) is 114 cm³/mol. The molecule has 4 heteroatoms. The molecule has 3 rings (SSSR count). The Balaban J connectivity index is 2.01. The molecule has 0 spiro atoms. The quantitative estimate of drug-likeness (QED) is 0.396. The summed E-state index contributed by atoms with van der Waals surface area (Å²) in [5.41, 5.74) is 4.73. The summed E-state index contributed by atoms with van der Waals surface area (Å²) < 4.78 is 0. The van der Waals surface area contributed by atoms with Gasteiger partial charge in [0, 0.05) is 27.7 Å². The van der Waals surface area contributed by atoms with Crippen molar-refractivity contribution in [2.75, 3.05) is 0 Å². The smallest absolute Gasteiger partial charge is 0.273 e. The van der Waals surface area contributed by atoms with E-state index in [1.165, 1.54) is 5.06 Å². The van der Waals surface area contributed by atoms with Gasteiger partial charge in [-0.2, -0.15) is 0 Å². The van der Waals surface area contributed by atoms with E-state index in [9.17, 15) is 4.79 Å². The molecule has 0 saturated heterocycles. The van der Waals surface area contributed by atoms with E-state index in [2.05, 4.69) is 37.5 Å². The maximum absolute atomic E-state index is 13.0. The summed E-state index contributed by atoms with van der Waals surface area (Å²) in [4.78, 5) is 22.6. The zero-order valence-electron chi connectivity index (χ0n) is 16.9. The van der Waals surface area contributed by atoms with Crippen molar-refractivity contribution in [3.8, 4) is 0 Å². The molecule has 1 N–H and O–H groups in total. The van der Waals surface area contributed by atoms with E-state index in [1.54, 1.807) is 6.92 Å². The van der Waals surface area contributed by atoms with Crippen molar-refractivity contribution in [3.05, 3.63) is 83.6 Å². The first-order valence-corrected chi connectivity index (χ1v) is 9.76. The highest BCUT2D eigenvalue weighted by Gasteiger charge is 2.30. The highest BCUT2D eigenvalue weighted by atomic mass is 16.7. The Morgan fingerprint density at radius 3 is 2.50 bits per heavy atom. The fourth-order valence-electron chi connectivity index (χ4n) is 3.58. The van der Waals surface area contributed by atoms with Gasteiger partial charge >= 0.3 is 0 Å². The van der Waals surface area contributed by atoms with Gasteiger partial charge in [-0.25, -0.2) is 5.06 Å². The summed E-state index contributed by atoms with van der Waals surface area (Å²) in [5, 5.41) is 2.66. The third-order valence-corrected chi connectivity index (χ3v) is 4.90. The second-order valence-corrected chi connectivity index (χ2v) is 7.18. The van der Waals surface area contributed by atoms with Gasteiger partial charge in [0.2, 0.25) is 0 Å².